The van der Waals surface area contributed by atoms with E-state index in [-0.39, 0.29) is 10.8 Å². The molecule has 0 spiro atoms. The molecule has 10 aromatic rings. The minimum atomic E-state index is -0.121. The van der Waals surface area contributed by atoms with Gasteiger partial charge in [-0.2, -0.15) is 0 Å². The van der Waals surface area contributed by atoms with Gasteiger partial charge in [0.1, 0.15) is 16.8 Å². The zero-order valence-electron chi connectivity index (χ0n) is 31.6. The van der Waals surface area contributed by atoms with Crippen LogP contribution in [0.5, 0.6) is 0 Å². The highest BCUT2D eigenvalue weighted by molar-refractivity contribution is 7.26. The van der Waals surface area contributed by atoms with Crippen LogP contribution in [0, 0.1) is 0 Å². The predicted octanol–water partition coefficient (Wildman–Crippen LogP) is 14.4. The number of hydrogen-bond acceptors (Lipinski definition) is 4. The first-order chi connectivity index (χ1) is 27.3. The van der Waals surface area contributed by atoms with Crippen molar-refractivity contribution in [3.8, 4) is 56.0 Å². The SMILES string of the molecule is CC1(C)c2ccccc2-c2cc3c(cc21)-c1c(-c2ccc4sc5c(-c6nc(-c7ccccc7)nc7c6oc6ccccc67)cccc5c4c2)cccc1C3(C)C. The molecule has 56 heavy (non-hydrogen) atoms. The Bertz CT molecular complexity index is 3310. The molecule has 0 saturated heterocycles. The molecule has 0 N–H and O–H groups in total. The fraction of sp³-hybridized carbons (Fsp3) is 0.115. The van der Waals surface area contributed by atoms with Gasteiger partial charge in [0.2, 0.25) is 0 Å². The third-order valence-corrected chi connectivity index (χ3v) is 13.9. The van der Waals surface area contributed by atoms with Gasteiger partial charge in [0.05, 0.1) is 0 Å². The van der Waals surface area contributed by atoms with Crippen molar-refractivity contribution in [3.05, 3.63) is 168 Å². The molecule has 266 valence electrons. The summed E-state index contributed by atoms with van der Waals surface area (Å²) in [7, 11) is 0. The standard InChI is InChI=1S/C52H36N2OS/c1-51(2)39-21-10-8-16-32(39)36-27-42-38(28-41(36)51)45-31(18-13-22-40(45)52(42,3)4)30-24-25-44-37(26-30)33-19-12-20-35(49(33)56-44)47-48-46(34-17-9-11-23-43(34)55-48)53-50(54-47)29-14-6-5-7-15-29/h5-28H,1-4H3. The predicted molar refractivity (Wildman–Crippen MR) is 234 cm³/mol. The van der Waals surface area contributed by atoms with Crippen molar-refractivity contribution in [2.75, 3.05) is 0 Å². The Hall–Kier alpha value is -6.36. The van der Waals surface area contributed by atoms with Gasteiger partial charge < -0.3 is 4.42 Å². The van der Waals surface area contributed by atoms with Crippen molar-refractivity contribution in [1.82, 2.24) is 9.97 Å². The minimum Gasteiger partial charge on any atom is -0.452 e. The van der Waals surface area contributed by atoms with E-state index in [9.17, 15) is 0 Å². The summed E-state index contributed by atoms with van der Waals surface area (Å²) in [5.74, 6) is 0.694. The lowest BCUT2D eigenvalue weighted by molar-refractivity contribution is 0.652. The van der Waals surface area contributed by atoms with E-state index >= 15 is 0 Å². The Morgan fingerprint density at radius 2 is 1.16 bits per heavy atom. The molecule has 0 saturated carbocycles. The zero-order valence-corrected chi connectivity index (χ0v) is 32.4. The lowest BCUT2D eigenvalue weighted by atomic mass is 9.79. The molecule has 0 fully saturated rings. The summed E-state index contributed by atoms with van der Waals surface area (Å²) >= 11 is 1.82. The summed E-state index contributed by atoms with van der Waals surface area (Å²) in [6.45, 7) is 9.55. The molecule has 12 rings (SSSR count). The Balaban J connectivity index is 1.05. The quantitative estimate of drug-likeness (QED) is 0.181. The van der Waals surface area contributed by atoms with Gasteiger partial charge in [0.25, 0.3) is 0 Å². The first kappa shape index (κ1) is 31.9. The second-order valence-electron chi connectivity index (χ2n) is 16.5. The fourth-order valence-corrected chi connectivity index (χ4v) is 11.1. The van der Waals surface area contributed by atoms with Crippen molar-refractivity contribution in [2.45, 2.75) is 38.5 Å². The number of thiophene rings is 1. The van der Waals surface area contributed by atoms with Gasteiger partial charge in [-0.1, -0.05) is 137 Å². The average Bonchev–Trinajstić information content (AvgIpc) is 3.93. The summed E-state index contributed by atoms with van der Waals surface area (Å²) in [6, 6.07) is 53.0. The van der Waals surface area contributed by atoms with Crippen molar-refractivity contribution in [3.63, 3.8) is 0 Å². The van der Waals surface area contributed by atoms with Crippen LogP contribution in [0.4, 0.5) is 0 Å². The molecule has 0 aliphatic heterocycles. The van der Waals surface area contributed by atoms with E-state index in [1.165, 1.54) is 75.8 Å². The normalized spacial score (nSPS) is 14.7. The van der Waals surface area contributed by atoms with Crippen molar-refractivity contribution in [1.29, 1.82) is 0 Å². The van der Waals surface area contributed by atoms with Crippen LogP contribution < -0.4 is 0 Å². The Morgan fingerprint density at radius 1 is 0.482 bits per heavy atom. The van der Waals surface area contributed by atoms with Crippen LogP contribution in [0.15, 0.2) is 150 Å². The molecule has 0 atom stereocenters. The number of rotatable bonds is 3. The Morgan fingerprint density at radius 3 is 2.05 bits per heavy atom. The Labute approximate surface area is 328 Å². The van der Waals surface area contributed by atoms with Crippen LogP contribution in [0.2, 0.25) is 0 Å². The smallest absolute Gasteiger partial charge is 0.180 e. The highest BCUT2D eigenvalue weighted by Crippen LogP contribution is 2.58. The second-order valence-corrected chi connectivity index (χ2v) is 17.6. The maximum absolute atomic E-state index is 6.56. The third-order valence-electron chi connectivity index (χ3n) is 12.7. The van der Waals surface area contributed by atoms with E-state index in [4.69, 9.17) is 14.4 Å². The van der Waals surface area contributed by atoms with E-state index in [2.05, 4.69) is 137 Å². The van der Waals surface area contributed by atoms with Gasteiger partial charge in [-0.3, -0.25) is 0 Å². The lowest BCUT2D eigenvalue weighted by Gasteiger charge is -2.24. The van der Waals surface area contributed by atoms with Gasteiger partial charge in [-0.05, 0) is 92.0 Å². The van der Waals surface area contributed by atoms with Gasteiger partial charge in [-0.25, -0.2) is 9.97 Å². The molecule has 3 aromatic heterocycles. The largest absolute Gasteiger partial charge is 0.452 e. The first-order valence-electron chi connectivity index (χ1n) is 19.4. The molecule has 0 amide bonds. The molecule has 3 heterocycles. The first-order valence-corrected chi connectivity index (χ1v) is 20.2. The topological polar surface area (TPSA) is 38.9 Å². The van der Waals surface area contributed by atoms with Gasteiger partial charge in [0.15, 0.2) is 11.4 Å². The zero-order chi connectivity index (χ0) is 37.5. The number of aromatic nitrogens is 2. The summed E-state index contributed by atoms with van der Waals surface area (Å²) in [5.41, 5.74) is 18.7. The molecular weight excluding hydrogens is 701 g/mol. The fourth-order valence-electron chi connectivity index (χ4n) is 9.86. The van der Waals surface area contributed by atoms with E-state index in [1.807, 2.05) is 47.7 Å². The van der Waals surface area contributed by atoms with E-state index in [0.29, 0.717) is 5.82 Å². The summed E-state index contributed by atoms with van der Waals surface area (Å²) in [5, 5.41) is 3.47. The molecule has 0 bridgehead atoms. The maximum atomic E-state index is 6.56. The maximum Gasteiger partial charge on any atom is 0.180 e. The number of furan rings is 1. The van der Waals surface area contributed by atoms with Crippen molar-refractivity contribution >= 4 is 53.6 Å². The molecular formula is C52H36N2OS. The molecule has 4 heteroatoms. The van der Waals surface area contributed by atoms with Crippen LogP contribution in [-0.4, -0.2) is 9.97 Å². The highest BCUT2D eigenvalue weighted by atomic mass is 32.1. The number of hydrogen-bond donors (Lipinski definition) is 0. The molecule has 0 radical (unpaired) electrons. The van der Waals surface area contributed by atoms with Gasteiger partial charge >= 0.3 is 0 Å². The molecule has 2 aliphatic carbocycles. The van der Waals surface area contributed by atoms with Crippen LogP contribution in [0.3, 0.4) is 0 Å². The molecule has 0 unspecified atom stereocenters. The molecule has 2 aliphatic rings. The molecule has 7 aromatic carbocycles. The van der Waals surface area contributed by atoms with Crippen LogP contribution in [0.25, 0.3) is 98.3 Å². The van der Waals surface area contributed by atoms with Crippen molar-refractivity contribution in [2.24, 2.45) is 0 Å². The number of fused-ring (bicyclic) bond motifs is 12. The summed E-state index contributed by atoms with van der Waals surface area (Å²) < 4.78 is 9.00. The Kier molecular flexibility index (Phi) is 6.34. The number of para-hydroxylation sites is 1. The monoisotopic (exact) mass is 736 g/mol. The van der Waals surface area contributed by atoms with E-state index < -0.39 is 0 Å². The van der Waals surface area contributed by atoms with Crippen LogP contribution >= 0.6 is 11.3 Å². The minimum absolute atomic E-state index is 0.0610. The lowest BCUT2D eigenvalue weighted by Crippen LogP contribution is -2.16. The molecule has 3 nitrogen and oxygen atoms in total. The second kappa shape index (κ2) is 11.1. The number of benzene rings is 7. The van der Waals surface area contributed by atoms with Crippen LogP contribution in [0.1, 0.15) is 49.9 Å². The highest BCUT2D eigenvalue weighted by Gasteiger charge is 2.42. The summed E-state index contributed by atoms with van der Waals surface area (Å²) in [4.78, 5) is 10.3. The third kappa shape index (κ3) is 4.22. The van der Waals surface area contributed by atoms with E-state index in [1.54, 1.807) is 0 Å². The van der Waals surface area contributed by atoms with Gasteiger partial charge in [-0.15, -0.1) is 11.3 Å². The van der Waals surface area contributed by atoms with E-state index in [0.717, 1.165) is 38.9 Å². The van der Waals surface area contributed by atoms with Crippen LogP contribution in [-0.2, 0) is 10.8 Å². The average molecular weight is 737 g/mol. The summed E-state index contributed by atoms with van der Waals surface area (Å²) in [6.07, 6.45) is 0. The van der Waals surface area contributed by atoms with Crippen molar-refractivity contribution < 1.29 is 4.42 Å². The number of nitrogens with zero attached hydrogens (tertiary/aromatic N) is 2. The van der Waals surface area contributed by atoms with Gasteiger partial charge in [0, 0.05) is 47.5 Å².